The molecule has 1 saturated heterocycles. The van der Waals surface area contributed by atoms with E-state index in [-0.39, 0.29) is 0 Å². The lowest BCUT2D eigenvalue weighted by Crippen LogP contribution is -2.26. The van der Waals surface area contributed by atoms with Crippen LogP contribution < -0.4 is 10.1 Å². The molecule has 0 radical (unpaired) electrons. The molecule has 1 heterocycles. The first-order valence-corrected chi connectivity index (χ1v) is 7.77. The minimum absolute atomic E-state index is 0.678. The number of rotatable bonds is 3. The molecule has 1 aliphatic carbocycles. The van der Waals surface area contributed by atoms with Gasteiger partial charge in [0.1, 0.15) is 5.75 Å². The molecule has 1 aromatic carbocycles. The zero-order valence-electron chi connectivity index (χ0n) is 12.0. The summed E-state index contributed by atoms with van der Waals surface area (Å²) >= 11 is 0. The molecule has 0 spiro atoms. The maximum absolute atomic E-state index is 5.60. The summed E-state index contributed by atoms with van der Waals surface area (Å²) in [6.45, 7) is 2.28. The fourth-order valence-electron chi connectivity index (χ4n) is 3.72. The van der Waals surface area contributed by atoms with Crippen molar-refractivity contribution < 1.29 is 4.74 Å². The van der Waals surface area contributed by atoms with Crippen LogP contribution in [-0.2, 0) is 0 Å². The molecule has 19 heavy (non-hydrogen) atoms. The number of piperidine rings is 1. The van der Waals surface area contributed by atoms with Gasteiger partial charge in [-0.15, -0.1) is 0 Å². The summed E-state index contributed by atoms with van der Waals surface area (Å²) < 4.78 is 5.60. The van der Waals surface area contributed by atoms with Crippen molar-refractivity contribution in [2.24, 2.45) is 0 Å². The van der Waals surface area contributed by atoms with Crippen LogP contribution in [0.2, 0.25) is 0 Å². The van der Waals surface area contributed by atoms with Crippen LogP contribution in [0.5, 0.6) is 5.75 Å². The highest BCUT2D eigenvalue weighted by atomic mass is 16.5. The molecular weight excluding hydrogens is 234 g/mol. The SMILES string of the molecule is COc1ccc(C2CCCC2)cc1C1CCNCC1. The van der Waals surface area contributed by atoms with E-state index in [1.807, 2.05) is 0 Å². The normalized spacial score (nSPS) is 21.7. The summed E-state index contributed by atoms with van der Waals surface area (Å²) in [6, 6.07) is 6.94. The quantitative estimate of drug-likeness (QED) is 0.891. The lowest BCUT2D eigenvalue weighted by atomic mass is 9.86. The number of ether oxygens (including phenoxy) is 1. The third-order valence-electron chi connectivity index (χ3n) is 4.86. The molecule has 2 nitrogen and oxygen atoms in total. The summed E-state index contributed by atoms with van der Waals surface area (Å²) in [5.74, 6) is 2.57. The van der Waals surface area contributed by atoms with E-state index in [9.17, 15) is 0 Å². The van der Waals surface area contributed by atoms with Gasteiger partial charge in [0.25, 0.3) is 0 Å². The molecule has 1 saturated carbocycles. The zero-order valence-corrected chi connectivity index (χ0v) is 12.0. The molecule has 0 aromatic heterocycles. The predicted octanol–water partition coefficient (Wildman–Crippen LogP) is 3.82. The molecular formula is C17H25NO. The van der Waals surface area contributed by atoms with Crippen molar-refractivity contribution >= 4 is 0 Å². The van der Waals surface area contributed by atoms with Gasteiger partial charge in [0.2, 0.25) is 0 Å². The van der Waals surface area contributed by atoms with Crippen LogP contribution in [0.15, 0.2) is 18.2 Å². The van der Waals surface area contributed by atoms with Crippen LogP contribution in [0.3, 0.4) is 0 Å². The largest absolute Gasteiger partial charge is 0.496 e. The minimum Gasteiger partial charge on any atom is -0.496 e. The minimum atomic E-state index is 0.678. The van der Waals surface area contributed by atoms with E-state index in [0.29, 0.717) is 5.92 Å². The van der Waals surface area contributed by atoms with E-state index >= 15 is 0 Å². The van der Waals surface area contributed by atoms with Gasteiger partial charge >= 0.3 is 0 Å². The summed E-state index contributed by atoms with van der Waals surface area (Å²) in [5.41, 5.74) is 3.00. The first-order valence-electron chi connectivity index (χ1n) is 7.77. The molecule has 0 unspecified atom stereocenters. The van der Waals surface area contributed by atoms with Crippen molar-refractivity contribution in [3.05, 3.63) is 29.3 Å². The van der Waals surface area contributed by atoms with E-state index in [2.05, 4.69) is 23.5 Å². The molecule has 2 fully saturated rings. The van der Waals surface area contributed by atoms with Crippen LogP contribution in [0.4, 0.5) is 0 Å². The first kappa shape index (κ1) is 13.0. The molecule has 104 valence electrons. The van der Waals surface area contributed by atoms with E-state index in [0.717, 1.165) is 24.8 Å². The van der Waals surface area contributed by atoms with Gasteiger partial charge in [-0.3, -0.25) is 0 Å². The van der Waals surface area contributed by atoms with Crippen LogP contribution >= 0.6 is 0 Å². The predicted molar refractivity (Wildman–Crippen MR) is 79.0 cm³/mol. The standard InChI is InChI=1S/C17H25NO/c1-19-17-7-6-15(13-4-2-3-5-13)12-16(17)14-8-10-18-11-9-14/h6-7,12-14,18H,2-5,8-11H2,1H3. The van der Waals surface area contributed by atoms with Crippen molar-refractivity contribution in [1.82, 2.24) is 5.32 Å². The Labute approximate surface area is 116 Å². The van der Waals surface area contributed by atoms with Crippen molar-refractivity contribution in [3.63, 3.8) is 0 Å². The summed E-state index contributed by atoms with van der Waals surface area (Å²) in [7, 11) is 1.80. The Hall–Kier alpha value is -1.02. The van der Waals surface area contributed by atoms with Crippen LogP contribution in [-0.4, -0.2) is 20.2 Å². The second-order valence-electron chi connectivity index (χ2n) is 6.01. The van der Waals surface area contributed by atoms with Gasteiger partial charge in [0.15, 0.2) is 0 Å². The Morgan fingerprint density at radius 2 is 1.74 bits per heavy atom. The van der Waals surface area contributed by atoms with Gasteiger partial charge in [-0.1, -0.05) is 25.0 Å². The van der Waals surface area contributed by atoms with Crippen molar-refractivity contribution in [1.29, 1.82) is 0 Å². The van der Waals surface area contributed by atoms with Crippen LogP contribution in [0.1, 0.15) is 61.5 Å². The molecule has 1 N–H and O–H groups in total. The topological polar surface area (TPSA) is 21.3 Å². The average Bonchev–Trinajstić information content (AvgIpc) is 3.02. The zero-order chi connectivity index (χ0) is 13.1. The van der Waals surface area contributed by atoms with E-state index < -0.39 is 0 Å². The highest BCUT2D eigenvalue weighted by molar-refractivity contribution is 5.41. The number of hydrogen-bond donors (Lipinski definition) is 1. The maximum Gasteiger partial charge on any atom is 0.122 e. The molecule has 1 aliphatic heterocycles. The molecule has 2 heteroatoms. The summed E-state index contributed by atoms with van der Waals surface area (Å²) in [6.07, 6.45) is 8.03. The number of methoxy groups -OCH3 is 1. The van der Waals surface area contributed by atoms with Crippen molar-refractivity contribution in [2.45, 2.75) is 50.4 Å². The van der Waals surface area contributed by atoms with Crippen molar-refractivity contribution in [2.75, 3.05) is 20.2 Å². The first-order chi connectivity index (χ1) is 9.38. The van der Waals surface area contributed by atoms with Gasteiger partial charge in [-0.2, -0.15) is 0 Å². The van der Waals surface area contributed by atoms with Gasteiger partial charge in [-0.05, 0) is 67.8 Å². The van der Waals surface area contributed by atoms with Crippen LogP contribution in [0, 0.1) is 0 Å². The second-order valence-corrected chi connectivity index (χ2v) is 6.01. The Bertz CT molecular complexity index is 417. The Balaban J connectivity index is 1.87. The number of nitrogens with one attached hydrogen (secondary N) is 1. The monoisotopic (exact) mass is 259 g/mol. The number of benzene rings is 1. The fraction of sp³-hybridized carbons (Fsp3) is 0.647. The van der Waals surface area contributed by atoms with Crippen LogP contribution in [0.25, 0.3) is 0 Å². The third-order valence-corrected chi connectivity index (χ3v) is 4.86. The molecule has 0 bridgehead atoms. The summed E-state index contributed by atoms with van der Waals surface area (Å²) in [5, 5.41) is 3.45. The van der Waals surface area contributed by atoms with E-state index in [1.165, 1.54) is 44.1 Å². The van der Waals surface area contributed by atoms with Gasteiger partial charge < -0.3 is 10.1 Å². The van der Waals surface area contributed by atoms with Gasteiger partial charge in [0, 0.05) is 0 Å². The Morgan fingerprint density at radius 3 is 2.42 bits per heavy atom. The average molecular weight is 259 g/mol. The molecule has 3 rings (SSSR count). The van der Waals surface area contributed by atoms with E-state index in [1.54, 1.807) is 12.7 Å². The lowest BCUT2D eigenvalue weighted by molar-refractivity contribution is 0.391. The molecule has 0 amide bonds. The third kappa shape index (κ3) is 2.79. The highest BCUT2D eigenvalue weighted by Gasteiger charge is 2.22. The second kappa shape index (κ2) is 5.96. The highest BCUT2D eigenvalue weighted by Crippen LogP contribution is 2.39. The Kier molecular flexibility index (Phi) is 4.07. The lowest BCUT2D eigenvalue weighted by Gasteiger charge is -2.25. The smallest absolute Gasteiger partial charge is 0.122 e. The fourth-order valence-corrected chi connectivity index (χ4v) is 3.72. The summed E-state index contributed by atoms with van der Waals surface area (Å²) in [4.78, 5) is 0. The number of hydrogen-bond acceptors (Lipinski definition) is 2. The molecule has 2 aliphatic rings. The maximum atomic E-state index is 5.60. The molecule has 0 atom stereocenters. The van der Waals surface area contributed by atoms with Gasteiger partial charge in [-0.25, -0.2) is 0 Å². The Morgan fingerprint density at radius 1 is 1.00 bits per heavy atom. The van der Waals surface area contributed by atoms with Crippen molar-refractivity contribution in [3.8, 4) is 5.75 Å². The molecule has 1 aromatic rings. The van der Waals surface area contributed by atoms with Gasteiger partial charge in [0.05, 0.1) is 7.11 Å². The van der Waals surface area contributed by atoms with E-state index in [4.69, 9.17) is 4.74 Å².